The molecule has 2 aromatic carbocycles. The zero-order valence-electron chi connectivity index (χ0n) is 17.8. The van der Waals surface area contributed by atoms with E-state index in [0.717, 1.165) is 9.87 Å². The Kier molecular flexibility index (Phi) is 8.08. The molecule has 164 valence electrons. The number of hydrogen-bond donors (Lipinski definition) is 1. The number of nitrogens with one attached hydrogen (secondary N) is 1. The van der Waals surface area contributed by atoms with Crippen LogP contribution in [0.5, 0.6) is 11.5 Å². The van der Waals surface area contributed by atoms with E-state index in [1.165, 1.54) is 27.4 Å². The number of amides is 1. The molecule has 0 heterocycles. The molecule has 1 atom stereocenters. The quantitative estimate of drug-likeness (QED) is 0.615. The third kappa shape index (κ3) is 5.64. The molecular formula is C21H28N2O6S. The van der Waals surface area contributed by atoms with Crippen LogP contribution in [0, 0.1) is 6.92 Å². The van der Waals surface area contributed by atoms with Gasteiger partial charge in [0, 0.05) is 13.2 Å². The molecule has 0 radical (unpaired) electrons. The molecule has 8 nitrogen and oxygen atoms in total. The number of aryl methyl sites for hydroxylation is 1. The first-order valence-electron chi connectivity index (χ1n) is 9.32. The van der Waals surface area contributed by atoms with E-state index in [-0.39, 0.29) is 16.7 Å². The summed E-state index contributed by atoms with van der Waals surface area (Å²) in [6.07, 6.45) is 0. The largest absolute Gasteiger partial charge is 0.497 e. The lowest BCUT2D eigenvalue weighted by Gasteiger charge is -2.26. The zero-order valence-corrected chi connectivity index (χ0v) is 18.7. The highest BCUT2D eigenvalue weighted by atomic mass is 32.2. The fourth-order valence-electron chi connectivity index (χ4n) is 2.91. The molecule has 0 saturated heterocycles. The second-order valence-corrected chi connectivity index (χ2v) is 8.62. The van der Waals surface area contributed by atoms with Crippen molar-refractivity contribution in [3.63, 3.8) is 0 Å². The van der Waals surface area contributed by atoms with Gasteiger partial charge in [0.1, 0.15) is 22.9 Å². The summed E-state index contributed by atoms with van der Waals surface area (Å²) >= 11 is 0. The van der Waals surface area contributed by atoms with Crippen molar-refractivity contribution in [3.8, 4) is 11.5 Å². The van der Waals surface area contributed by atoms with Crippen LogP contribution in [0.4, 0.5) is 5.69 Å². The van der Waals surface area contributed by atoms with Gasteiger partial charge < -0.3 is 19.5 Å². The van der Waals surface area contributed by atoms with Crippen LogP contribution < -0.4 is 19.1 Å². The molecular weight excluding hydrogens is 408 g/mol. The van der Waals surface area contributed by atoms with Gasteiger partial charge in [-0.3, -0.25) is 9.10 Å². The van der Waals surface area contributed by atoms with E-state index in [2.05, 4.69) is 5.32 Å². The van der Waals surface area contributed by atoms with Gasteiger partial charge in [0.25, 0.3) is 10.0 Å². The van der Waals surface area contributed by atoms with Gasteiger partial charge in [-0.2, -0.15) is 0 Å². The van der Waals surface area contributed by atoms with Crippen LogP contribution >= 0.6 is 0 Å². The minimum atomic E-state index is -4.11. The number of ether oxygens (including phenoxy) is 3. The maximum atomic E-state index is 13.6. The molecule has 0 saturated carbocycles. The Bertz CT molecular complexity index is 960. The number of anilines is 1. The summed E-state index contributed by atoms with van der Waals surface area (Å²) in [5.41, 5.74) is 1.08. The third-order valence-electron chi connectivity index (χ3n) is 4.36. The molecule has 0 spiro atoms. The second kappa shape index (κ2) is 10.3. The highest BCUT2D eigenvalue weighted by Gasteiger charge is 2.30. The number of sulfonamides is 1. The molecule has 2 aromatic rings. The van der Waals surface area contributed by atoms with Crippen molar-refractivity contribution >= 4 is 21.6 Å². The van der Waals surface area contributed by atoms with Crippen molar-refractivity contribution in [2.45, 2.75) is 24.8 Å². The minimum absolute atomic E-state index is 0.0152. The van der Waals surface area contributed by atoms with Gasteiger partial charge in [-0.05, 0) is 55.8 Å². The predicted octanol–water partition coefficient (Wildman–Crippen LogP) is 2.36. The van der Waals surface area contributed by atoms with E-state index in [4.69, 9.17) is 14.2 Å². The minimum Gasteiger partial charge on any atom is -0.497 e. The van der Waals surface area contributed by atoms with Crippen molar-refractivity contribution in [3.05, 3.63) is 48.0 Å². The third-order valence-corrected chi connectivity index (χ3v) is 6.15. The summed E-state index contributed by atoms with van der Waals surface area (Å²) in [7, 11) is 0.345. The Morgan fingerprint density at radius 1 is 1.07 bits per heavy atom. The van der Waals surface area contributed by atoms with E-state index in [1.807, 2.05) is 0 Å². The molecule has 30 heavy (non-hydrogen) atoms. The molecule has 0 aliphatic carbocycles. The van der Waals surface area contributed by atoms with E-state index < -0.39 is 22.5 Å². The first kappa shape index (κ1) is 23.5. The molecule has 1 amide bonds. The molecule has 0 aliphatic heterocycles. The van der Waals surface area contributed by atoms with Crippen molar-refractivity contribution in [1.29, 1.82) is 0 Å². The first-order chi connectivity index (χ1) is 14.2. The molecule has 1 N–H and O–H groups in total. The first-order valence-corrected chi connectivity index (χ1v) is 10.8. The van der Waals surface area contributed by atoms with Crippen molar-refractivity contribution < 1.29 is 27.4 Å². The fraction of sp³-hybridized carbons (Fsp3) is 0.381. The molecule has 0 fully saturated rings. The van der Waals surface area contributed by atoms with Gasteiger partial charge >= 0.3 is 0 Å². The van der Waals surface area contributed by atoms with Crippen molar-refractivity contribution in [1.82, 2.24) is 5.32 Å². The number of carbonyl (C=O) groups excluding carboxylic acids is 1. The van der Waals surface area contributed by atoms with Crippen molar-refractivity contribution in [2.24, 2.45) is 0 Å². The summed E-state index contributed by atoms with van der Waals surface area (Å²) in [5, 5.41) is 2.74. The maximum Gasteiger partial charge on any atom is 0.268 e. The topological polar surface area (TPSA) is 94.2 Å². The van der Waals surface area contributed by atoms with Crippen LogP contribution in [0.25, 0.3) is 0 Å². The number of benzene rings is 2. The lowest BCUT2D eigenvalue weighted by atomic mass is 10.2. The number of hydrogen-bond acceptors (Lipinski definition) is 6. The summed E-state index contributed by atoms with van der Waals surface area (Å²) in [5.74, 6) is 0.320. The Labute approximate surface area is 177 Å². The van der Waals surface area contributed by atoms with Gasteiger partial charge in [-0.25, -0.2) is 8.42 Å². The normalized spacial score (nSPS) is 12.2. The Hall–Kier alpha value is -2.78. The number of rotatable bonds is 10. The molecule has 2 rings (SSSR count). The average Bonchev–Trinajstić information content (AvgIpc) is 2.72. The highest BCUT2D eigenvalue weighted by molar-refractivity contribution is 7.93. The maximum absolute atomic E-state index is 13.6. The van der Waals surface area contributed by atoms with Crippen molar-refractivity contribution in [2.75, 3.05) is 38.8 Å². The number of carbonyl (C=O) groups is 1. The Morgan fingerprint density at radius 3 is 2.30 bits per heavy atom. The monoisotopic (exact) mass is 436 g/mol. The van der Waals surface area contributed by atoms with Gasteiger partial charge in [0.05, 0.1) is 26.5 Å². The summed E-state index contributed by atoms with van der Waals surface area (Å²) in [6.45, 7) is 3.47. The average molecular weight is 437 g/mol. The molecule has 0 aliphatic rings. The van der Waals surface area contributed by atoms with Gasteiger partial charge in [0.2, 0.25) is 5.91 Å². The van der Waals surface area contributed by atoms with Crippen LogP contribution in [0.15, 0.2) is 47.4 Å². The van der Waals surface area contributed by atoms with Gasteiger partial charge in [0.15, 0.2) is 0 Å². The van der Waals surface area contributed by atoms with Crippen LogP contribution in [0.1, 0.15) is 12.5 Å². The summed E-state index contributed by atoms with van der Waals surface area (Å²) in [6, 6.07) is 11.1. The molecule has 0 aromatic heterocycles. The second-order valence-electron chi connectivity index (χ2n) is 6.79. The van der Waals surface area contributed by atoms with Crippen LogP contribution in [-0.2, 0) is 19.6 Å². The van der Waals surface area contributed by atoms with E-state index >= 15 is 0 Å². The highest BCUT2D eigenvalue weighted by Crippen LogP contribution is 2.31. The smallest absolute Gasteiger partial charge is 0.268 e. The van der Waals surface area contributed by atoms with Crippen LogP contribution in [0.3, 0.4) is 0 Å². The zero-order chi connectivity index (χ0) is 22.3. The lowest BCUT2D eigenvalue weighted by molar-refractivity contribution is -0.120. The van der Waals surface area contributed by atoms with E-state index in [0.29, 0.717) is 18.0 Å². The molecule has 0 unspecified atom stereocenters. The number of methoxy groups -OCH3 is 3. The Morgan fingerprint density at radius 2 is 1.73 bits per heavy atom. The Balaban J connectivity index is 2.49. The fourth-order valence-corrected chi connectivity index (χ4v) is 4.57. The van der Waals surface area contributed by atoms with Crippen LogP contribution in [-0.4, -0.2) is 54.8 Å². The molecule has 9 heteroatoms. The number of nitrogens with zero attached hydrogens (tertiary/aromatic N) is 1. The van der Waals surface area contributed by atoms with E-state index in [1.54, 1.807) is 50.2 Å². The predicted molar refractivity (Wildman–Crippen MR) is 115 cm³/mol. The van der Waals surface area contributed by atoms with Crippen LogP contribution in [0.2, 0.25) is 0 Å². The molecule has 0 bridgehead atoms. The lowest BCUT2D eigenvalue weighted by Crippen LogP contribution is -2.44. The van der Waals surface area contributed by atoms with E-state index in [9.17, 15) is 13.2 Å². The SMILES string of the molecule is COC[C@@H](C)NC(=O)CN(c1ccc(OC)cc1)S(=O)(=O)c1cc(C)ccc1OC. The van der Waals surface area contributed by atoms with Gasteiger partial charge in [-0.15, -0.1) is 0 Å². The van der Waals surface area contributed by atoms with Gasteiger partial charge in [-0.1, -0.05) is 6.07 Å². The summed E-state index contributed by atoms with van der Waals surface area (Å²) in [4.78, 5) is 12.6. The summed E-state index contributed by atoms with van der Waals surface area (Å²) < 4.78 is 43.6. The standard InChI is InChI=1S/C21H28N2O6S/c1-15-6-11-19(29-5)20(12-15)30(25,26)23(13-21(24)22-16(2)14-27-3)17-7-9-18(28-4)10-8-17/h6-12,16H,13-14H2,1-5H3,(H,22,24)/t16-/m1/s1.